The molecule has 14 heteroatoms. The van der Waals surface area contributed by atoms with Gasteiger partial charge in [-0.25, -0.2) is 32.7 Å². The molecule has 0 saturated heterocycles. The van der Waals surface area contributed by atoms with Crippen LogP contribution in [-0.2, 0) is 23.1 Å². The Morgan fingerprint density at radius 3 is 2.44 bits per heavy atom. The zero-order valence-electron chi connectivity index (χ0n) is 16.8. The lowest BCUT2D eigenvalue weighted by Crippen LogP contribution is -2.11. The molecule has 0 aliphatic rings. The van der Waals surface area contributed by atoms with Crippen LogP contribution in [0.15, 0.2) is 23.5 Å². The summed E-state index contributed by atoms with van der Waals surface area (Å²) in [5, 5.41) is 13.1. The van der Waals surface area contributed by atoms with Crippen molar-refractivity contribution in [1.82, 2.24) is 29.1 Å². The predicted molar refractivity (Wildman–Crippen MR) is 105 cm³/mol. The van der Waals surface area contributed by atoms with E-state index in [-0.39, 0.29) is 45.2 Å². The number of carboxylic acids is 1. The molecule has 0 aromatic carbocycles. The fraction of sp³-hybridized carbons (Fsp3) is 0.278. The van der Waals surface area contributed by atoms with Crippen LogP contribution in [0.25, 0.3) is 28.2 Å². The van der Waals surface area contributed by atoms with Gasteiger partial charge in [0, 0.05) is 25.0 Å². The second-order valence-electron chi connectivity index (χ2n) is 6.97. The third-order valence-corrected chi connectivity index (χ3v) is 6.57. The molecule has 0 bridgehead atoms. The van der Waals surface area contributed by atoms with Gasteiger partial charge in [-0.1, -0.05) is 6.92 Å². The number of aryl methyl sites for hydroxylation is 2. The van der Waals surface area contributed by atoms with Gasteiger partial charge in [-0.2, -0.15) is 18.3 Å². The Hall–Kier alpha value is -3.55. The molecule has 4 aromatic heterocycles. The van der Waals surface area contributed by atoms with E-state index in [4.69, 9.17) is 0 Å². The average molecular weight is 468 g/mol. The summed E-state index contributed by atoms with van der Waals surface area (Å²) in [6, 6.07) is 0.797. The number of halogens is 3. The number of imidazole rings is 1. The molecule has 4 heterocycles. The zero-order chi connectivity index (χ0) is 23.6. The Morgan fingerprint density at radius 1 is 1.19 bits per heavy atom. The maximum absolute atomic E-state index is 13.1. The number of carbonyl (C=O) groups is 1. The SMILES string of the molecule is CCS(=O)(=O)c1nn2c(C(=O)O)c(C)cnc2c1-c1nc2cc(C(F)(F)F)cnc2n1C. The van der Waals surface area contributed by atoms with Gasteiger partial charge in [-0.3, -0.25) is 0 Å². The summed E-state index contributed by atoms with van der Waals surface area (Å²) in [7, 11) is -2.55. The van der Waals surface area contributed by atoms with E-state index in [1.54, 1.807) is 0 Å². The smallest absolute Gasteiger partial charge is 0.417 e. The minimum absolute atomic E-state index is 0.0674. The van der Waals surface area contributed by atoms with E-state index in [1.165, 1.54) is 31.7 Å². The highest BCUT2D eigenvalue weighted by Gasteiger charge is 2.34. The van der Waals surface area contributed by atoms with Crippen molar-refractivity contribution < 1.29 is 31.5 Å². The van der Waals surface area contributed by atoms with Gasteiger partial charge in [0.15, 0.2) is 31.9 Å². The van der Waals surface area contributed by atoms with Crippen molar-refractivity contribution >= 4 is 32.6 Å². The average Bonchev–Trinajstić information content (AvgIpc) is 3.24. The standard InChI is InChI=1S/C18H15F3N6O4S/c1-4-32(30,31)16-11(14-22-6-8(2)12(17(28)29)27(14)25-16)15-24-10-5-9(18(19,20)21)7-23-13(10)26(15)3/h5-7H,4H2,1-3H3,(H,28,29). The third kappa shape index (κ3) is 3.18. The molecule has 10 nitrogen and oxygen atoms in total. The Bertz CT molecular complexity index is 1520. The van der Waals surface area contributed by atoms with Crippen LogP contribution in [0.1, 0.15) is 28.5 Å². The normalized spacial score (nSPS) is 12.7. The van der Waals surface area contributed by atoms with Crippen LogP contribution in [0.3, 0.4) is 0 Å². The number of alkyl halides is 3. The molecule has 0 spiro atoms. The molecule has 0 unspecified atom stereocenters. The number of hydrogen-bond donors (Lipinski definition) is 1. The first-order chi connectivity index (χ1) is 14.9. The van der Waals surface area contributed by atoms with Gasteiger partial charge in [0.2, 0.25) is 0 Å². The minimum atomic E-state index is -4.64. The summed E-state index contributed by atoms with van der Waals surface area (Å²) in [6.45, 7) is 2.86. The van der Waals surface area contributed by atoms with Crippen LogP contribution in [0.5, 0.6) is 0 Å². The Labute approximate surface area is 178 Å². The maximum atomic E-state index is 13.1. The van der Waals surface area contributed by atoms with Gasteiger partial charge in [-0.05, 0) is 13.0 Å². The third-order valence-electron chi connectivity index (χ3n) is 4.93. The molecule has 4 aromatic rings. The fourth-order valence-corrected chi connectivity index (χ4v) is 4.29. The minimum Gasteiger partial charge on any atom is -0.476 e. The van der Waals surface area contributed by atoms with E-state index in [1.807, 2.05) is 0 Å². The van der Waals surface area contributed by atoms with E-state index in [2.05, 4.69) is 20.1 Å². The predicted octanol–water partition coefficient (Wildman–Crippen LogP) is 2.50. The number of carboxylic acid groups (broad SMARTS) is 1. The number of nitrogens with zero attached hydrogens (tertiary/aromatic N) is 6. The van der Waals surface area contributed by atoms with Gasteiger partial charge in [0.05, 0.1) is 11.3 Å². The molecule has 4 rings (SSSR count). The van der Waals surface area contributed by atoms with Crippen LogP contribution in [0.4, 0.5) is 13.2 Å². The van der Waals surface area contributed by atoms with Crippen LogP contribution in [0, 0.1) is 6.92 Å². The van der Waals surface area contributed by atoms with Crippen molar-refractivity contribution in [3.05, 3.63) is 35.3 Å². The van der Waals surface area contributed by atoms with Gasteiger partial charge in [-0.15, -0.1) is 0 Å². The van der Waals surface area contributed by atoms with Gasteiger partial charge in [0.25, 0.3) is 0 Å². The number of aromatic carboxylic acids is 1. The molecule has 0 aliphatic carbocycles. The first kappa shape index (κ1) is 21.7. The highest BCUT2D eigenvalue weighted by Crippen LogP contribution is 2.35. The van der Waals surface area contributed by atoms with Crippen LogP contribution >= 0.6 is 0 Å². The highest BCUT2D eigenvalue weighted by molar-refractivity contribution is 7.91. The van der Waals surface area contributed by atoms with Crippen molar-refractivity contribution in [2.45, 2.75) is 25.0 Å². The molecule has 0 aliphatic heterocycles. The second kappa shape index (κ2) is 6.98. The van der Waals surface area contributed by atoms with Gasteiger partial charge in [0.1, 0.15) is 16.9 Å². The number of sulfone groups is 1. The molecular formula is C18H15F3N6O4S. The van der Waals surface area contributed by atoms with Gasteiger partial charge < -0.3 is 9.67 Å². The van der Waals surface area contributed by atoms with Crippen LogP contribution in [-0.4, -0.2) is 54.4 Å². The quantitative estimate of drug-likeness (QED) is 0.483. The number of pyridine rings is 1. The maximum Gasteiger partial charge on any atom is 0.417 e. The monoisotopic (exact) mass is 468 g/mol. The molecule has 32 heavy (non-hydrogen) atoms. The number of rotatable bonds is 4. The lowest BCUT2D eigenvalue weighted by Gasteiger charge is -2.05. The molecule has 0 amide bonds. The molecule has 0 atom stereocenters. The van der Waals surface area contributed by atoms with Crippen molar-refractivity contribution in [1.29, 1.82) is 0 Å². The van der Waals surface area contributed by atoms with Gasteiger partial charge >= 0.3 is 12.1 Å². The Morgan fingerprint density at radius 2 is 1.84 bits per heavy atom. The van der Waals surface area contributed by atoms with Crippen molar-refractivity contribution in [3.8, 4) is 11.4 Å². The summed E-state index contributed by atoms with van der Waals surface area (Å²) in [5.74, 6) is -1.78. The van der Waals surface area contributed by atoms with Crippen molar-refractivity contribution in [2.24, 2.45) is 7.05 Å². The number of aromatic nitrogens is 6. The van der Waals surface area contributed by atoms with Crippen molar-refractivity contribution in [2.75, 3.05) is 5.75 Å². The van der Waals surface area contributed by atoms with E-state index in [9.17, 15) is 31.5 Å². The van der Waals surface area contributed by atoms with Crippen LogP contribution < -0.4 is 0 Å². The summed E-state index contributed by atoms with van der Waals surface area (Å²) < 4.78 is 67.1. The lowest BCUT2D eigenvalue weighted by atomic mass is 10.2. The Balaban J connectivity index is 2.13. The lowest BCUT2D eigenvalue weighted by molar-refractivity contribution is -0.137. The van der Waals surface area contributed by atoms with Crippen molar-refractivity contribution in [3.63, 3.8) is 0 Å². The summed E-state index contributed by atoms with van der Waals surface area (Å²) >= 11 is 0. The van der Waals surface area contributed by atoms with Crippen LogP contribution in [0.2, 0.25) is 0 Å². The second-order valence-corrected chi connectivity index (χ2v) is 9.17. The van der Waals surface area contributed by atoms with E-state index >= 15 is 0 Å². The summed E-state index contributed by atoms with van der Waals surface area (Å²) in [6.07, 6.45) is -2.75. The van der Waals surface area contributed by atoms with E-state index < -0.39 is 32.6 Å². The molecule has 1 N–H and O–H groups in total. The summed E-state index contributed by atoms with van der Waals surface area (Å²) in [5.41, 5.74) is -1.37. The zero-order valence-corrected chi connectivity index (χ0v) is 17.7. The molecule has 0 fully saturated rings. The first-order valence-electron chi connectivity index (χ1n) is 9.11. The number of fused-ring (bicyclic) bond motifs is 2. The number of hydrogen-bond acceptors (Lipinski definition) is 7. The highest BCUT2D eigenvalue weighted by atomic mass is 32.2. The molecule has 0 radical (unpaired) electrons. The molecular weight excluding hydrogens is 453 g/mol. The molecule has 168 valence electrons. The largest absolute Gasteiger partial charge is 0.476 e. The van der Waals surface area contributed by atoms with E-state index in [0.717, 1.165) is 10.6 Å². The Kier molecular flexibility index (Phi) is 4.73. The summed E-state index contributed by atoms with van der Waals surface area (Å²) in [4.78, 5) is 23.9. The first-order valence-corrected chi connectivity index (χ1v) is 10.8. The molecule has 0 saturated carbocycles. The fourth-order valence-electron chi connectivity index (χ4n) is 3.32. The van der Waals surface area contributed by atoms with E-state index in [0.29, 0.717) is 6.20 Å². The topological polar surface area (TPSA) is 132 Å².